The summed E-state index contributed by atoms with van der Waals surface area (Å²) in [5, 5.41) is 11.4. The van der Waals surface area contributed by atoms with Gasteiger partial charge < -0.3 is 10.6 Å². The second kappa shape index (κ2) is 6.72. The van der Waals surface area contributed by atoms with Crippen molar-refractivity contribution >= 4 is 23.3 Å². The molecular weight excluding hydrogens is 312 g/mol. The molecule has 2 atom stereocenters. The Kier molecular flexibility index (Phi) is 4.68. The molecule has 1 amide bonds. The average Bonchev–Trinajstić information content (AvgIpc) is 2.88. The predicted molar refractivity (Wildman–Crippen MR) is 92.1 cm³/mol. The molecule has 0 saturated carbocycles. The first kappa shape index (κ1) is 16.0. The van der Waals surface area contributed by atoms with Gasteiger partial charge in [-0.1, -0.05) is 17.7 Å². The minimum absolute atomic E-state index is 0.0443. The number of aryl methyl sites for hydroxylation is 1. The molecule has 0 aliphatic carbocycles. The molecule has 0 unspecified atom stereocenters. The summed E-state index contributed by atoms with van der Waals surface area (Å²) in [5.41, 5.74) is 1.83. The van der Waals surface area contributed by atoms with Crippen LogP contribution in [0.2, 0.25) is 5.02 Å². The van der Waals surface area contributed by atoms with Crippen LogP contribution in [-0.2, 0) is 4.79 Å². The van der Waals surface area contributed by atoms with Crippen molar-refractivity contribution in [2.75, 3.05) is 11.9 Å². The number of carbonyl (C=O) groups is 1. The number of carbonyl (C=O) groups excluding carboxylic acids is 1. The van der Waals surface area contributed by atoms with Crippen LogP contribution in [0.3, 0.4) is 0 Å². The molecular formula is C17H21ClN4O. The summed E-state index contributed by atoms with van der Waals surface area (Å²) in [6.07, 6.45) is 1.73. The molecule has 1 saturated heterocycles. The Labute approximate surface area is 141 Å². The maximum absolute atomic E-state index is 12.4. The lowest BCUT2D eigenvalue weighted by Gasteiger charge is -2.26. The van der Waals surface area contributed by atoms with Gasteiger partial charge in [-0.25, -0.2) is 4.68 Å². The molecule has 122 valence electrons. The zero-order valence-corrected chi connectivity index (χ0v) is 14.1. The highest BCUT2D eigenvalue weighted by Gasteiger charge is 2.25. The fourth-order valence-electron chi connectivity index (χ4n) is 3.00. The first-order valence-electron chi connectivity index (χ1n) is 7.90. The Morgan fingerprint density at radius 3 is 3.00 bits per heavy atom. The van der Waals surface area contributed by atoms with E-state index in [2.05, 4.69) is 22.7 Å². The van der Waals surface area contributed by atoms with Crippen LogP contribution in [0, 0.1) is 12.8 Å². The minimum atomic E-state index is 0.0443. The fraction of sp³-hybridized carbons (Fsp3) is 0.412. The maximum atomic E-state index is 12.4. The lowest BCUT2D eigenvalue weighted by Crippen LogP contribution is -2.40. The molecule has 1 aliphatic rings. The van der Waals surface area contributed by atoms with Crippen molar-refractivity contribution in [3.8, 4) is 5.69 Å². The highest BCUT2D eigenvalue weighted by atomic mass is 35.5. The number of amides is 1. The van der Waals surface area contributed by atoms with Crippen LogP contribution in [0.25, 0.3) is 5.69 Å². The predicted octanol–water partition coefficient (Wildman–Crippen LogP) is 3.16. The summed E-state index contributed by atoms with van der Waals surface area (Å²) in [5.74, 6) is 0.677. The first-order valence-corrected chi connectivity index (χ1v) is 8.27. The van der Waals surface area contributed by atoms with Crippen LogP contribution in [0.1, 0.15) is 25.5 Å². The third kappa shape index (κ3) is 3.74. The molecule has 1 aliphatic heterocycles. The minimum Gasteiger partial charge on any atom is -0.314 e. The molecule has 0 bridgehead atoms. The number of hydrogen-bond acceptors (Lipinski definition) is 3. The summed E-state index contributed by atoms with van der Waals surface area (Å²) in [6.45, 7) is 4.95. The number of benzene rings is 1. The lowest BCUT2D eigenvalue weighted by atomic mass is 9.92. The van der Waals surface area contributed by atoms with Gasteiger partial charge in [0.2, 0.25) is 5.91 Å². The van der Waals surface area contributed by atoms with Crippen LogP contribution in [-0.4, -0.2) is 28.3 Å². The highest BCUT2D eigenvalue weighted by molar-refractivity contribution is 6.30. The zero-order valence-electron chi connectivity index (χ0n) is 13.3. The summed E-state index contributed by atoms with van der Waals surface area (Å²) >= 11 is 6.04. The number of nitrogens with one attached hydrogen (secondary N) is 2. The molecule has 23 heavy (non-hydrogen) atoms. The maximum Gasteiger partial charge on any atom is 0.228 e. The number of rotatable bonds is 3. The van der Waals surface area contributed by atoms with Crippen molar-refractivity contribution < 1.29 is 4.79 Å². The van der Waals surface area contributed by atoms with Gasteiger partial charge in [-0.3, -0.25) is 4.79 Å². The molecule has 5 nitrogen and oxygen atoms in total. The van der Waals surface area contributed by atoms with Crippen molar-refractivity contribution in [3.05, 3.63) is 41.0 Å². The van der Waals surface area contributed by atoms with Crippen LogP contribution in [0.15, 0.2) is 30.3 Å². The van der Waals surface area contributed by atoms with Crippen molar-refractivity contribution in [3.63, 3.8) is 0 Å². The average molecular weight is 333 g/mol. The Hall–Kier alpha value is -1.85. The van der Waals surface area contributed by atoms with Crippen molar-refractivity contribution in [2.24, 2.45) is 5.92 Å². The van der Waals surface area contributed by atoms with E-state index in [4.69, 9.17) is 11.6 Å². The van der Waals surface area contributed by atoms with Gasteiger partial charge >= 0.3 is 0 Å². The molecule has 2 heterocycles. The number of nitrogens with zero attached hydrogens (tertiary/aromatic N) is 2. The molecule has 2 aromatic rings. The van der Waals surface area contributed by atoms with Gasteiger partial charge in [0, 0.05) is 28.7 Å². The van der Waals surface area contributed by atoms with E-state index in [9.17, 15) is 4.79 Å². The van der Waals surface area contributed by atoms with Crippen LogP contribution in [0.4, 0.5) is 5.82 Å². The van der Waals surface area contributed by atoms with E-state index >= 15 is 0 Å². The Balaban J connectivity index is 1.74. The molecule has 1 fully saturated rings. The Morgan fingerprint density at radius 2 is 2.26 bits per heavy atom. The van der Waals surface area contributed by atoms with E-state index in [1.165, 1.54) is 0 Å². The smallest absolute Gasteiger partial charge is 0.228 e. The molecule has 6 heteroatoms. The second-order valence-electron chi connectivity index (χ2n) is 6.13. The first-order chi connectivity index (χ1) is 11.0. The van der Waals surface area contributed by atoms with Crippen molar-refractivity contribution in [2.45, 2.75) is 32.7 Å². The summed E-state index contributed by atoms with van der Waals surface area (Å²) < 4.78 is 1.78. The standard InChI is InChI=1S/C17H21ClN4O/c1-11-8-13(6-7-19-11)17(23)20-16-9-12(2)22(21-16)15-5-3-4-14(18)10-15/h3-5,9-11,13,19H,6-8H2,1-2H3,(H,20,21,23)/t11-,13-/m0/s1. The van der Waals surface area contributed by atoms with Crippen molar-refractivity contribution in [1.29, 1.82) is 0 Å². The van der Waals surface area contributed by atoms with E-state index in [0.29, 0.717) is 16.9 Å². The molecule has 0 radical (unpaired) electrons. The van der Waals surface area contributed by atoms with Crippen LogP contribution < -0.4 is 10.6 Å². The normalized spacial score (nSPS) is 21.2. The highest BCUT2D eigenvalue weighted by Crippen LogP contribution is 2.21. The third-order valence-electron chi connectivity index (χ3n) is 4.19. The fourth-order valence-corrected chi connectivity index (χ4v) is 3.19. The lowest BCUT2D eigenvalue weighted by molar-refractivity contribution is -0.120. The van der Waals surface area contributed by atoms with Gasteiger partial charge in [0.1, 0.15) is 0 Å². The number of piperidine rings is 1. The van der Waals surface area contributed by atoms with Gasteiger partial charge in [0.25, 0.3) is 0 Å². The van der Waals surface area contributed by atoms with Gasteiger partial charge in [0.05, 0.1) is 5.69 Å². The quantitative estimate of drug-likeness (QED) is 0.907. The van der Waals surface area contributed by atoms with E-state index in [-0.39, 0.29) is 11.8 Å². The van der Waals surface area contributed by atoms with Gasteiger partial charge in [0.15, 0.2) is 5.82 Å². The van der Waals surface area contributed by atoms with Gasteiger partial charge in [-0.15, -0.1) is 5.10 Å². The largest absolute Gasteiger partial charge is 0.314 e. The van der Waals surface area contributed by atoms with Crippen LogP contribution in [0.5, 0.6) is 0 Å². The molecule has 2 N–H and O–H groups in total. The molecule has 3 rings (SSSR count). The SMILES string of the molecule is Cc1cc(NC(=O)[C@H]2CCN[C@@H](C)C2)nn1-c1cccc(Cl)c1. The van der Waals surface area contributed by atoms with Crippen LogP contribution >= 0.6 is 11.6 Å². The molecule has 1 aromatic carbocycles. The van der Waals surface area contributed by atoms with E-state index < -0.39 is 0 Å². The van der Waals surface area contributed by atoms with E-state index in [1.807, 2.05) is 37.3 Å². The summed E-state index contributed by atoms with van der Waals surface area (Å²) in [4.78, 5) is 12.4. The summed E-state index contributed by atoms with van der Waals surface area (Å²) in [6, 6.07) is 9.75. The van der Waals surface area contributed by atoms with E-state index in [0.717, 1.165) is 30.8 Å². The Morgan fingerprint density at radius 1 is 1.43 bits per heavy atom. The number of halogens is 1. The van der Waals surface area contributed by atoms with Crippen molar-refractivity contribution in [1.82, 2.24) is 15.1 Å². The van der Waals surface area contributed by atoms with Gasteiger partial charge in [-0.05, 0) is 51.4 Å². The second-order valence-corrected chi connectivity index (χ2v) is 6.56. The number of hydrogen-bond donors (Lipinski definition) is 2. The Bertz CT molecular complexity index is 712. The molecule has 0 spiro atoms. The summed E-state index contributed by atoms with van der Waals surface area (Å²) in [7, 11) is 0. The monoisotopic (exact) mass is 332 g/mol. The third-order valence-corrected chi connectivity index (χ3v) is 4.42. The number of aromatic nitrogens is 2. The van der Waals surface area contributed by atoms with E-state index in [1.54, 1.807) is 4.68 Å². The van der Waals surface area contributed by atoms with Gasteiger partial charge in [-0.2, -0.15) is 0 Å². The molecule has 1 aromatic heterocycles. The zero-order chi connectivity index (χ0) is 16.4. The number of anilines is 1. The topological polar surface area (TPSA) is 59.0 Å².